The van der Waals surface area contributed by atoms with Gasteiger partial charge in [-0.25, -0.2) is 4.98 Å². The van der Waals surface area contributed by atoms with E-state index in [1.165, 1.54) is 4.88 Å². The minimum absolute atomic E-state index is 1.07. The first-order valence-corrected chi connectivity index (χ1v) is 6.87. The Bertz CT molecular complexity index is 486. The fraction of sp³-hybridized carbons (Fsp3) is 0.182. The fourth-order valence-corrected chi connectivity index (χ4v) is 3.12. The number of aromatic nitrogens is 1. The maximum absolute atomic E-state index is 4.55. The van der Waals surface area contributed by atoms with Crippen LogP contribution in [0.15, 0.2) is 27.1 Å². The Morgan fingerprint density at radius 2 is 1.93 bits per heavy atom. The van der Waals surface area contributed by atoms with Crippen LogP contribution in [0, 0.1) is 13.8 Å². The highest BCUT2D eigenvalue weighted by Gasteiger charge is 2.09. The van der Waals surface area contributed by atoms with Crippen LogP contribution in [0.25, 0.3) is 10.6 Å². The molecule has 0 amide bonds. The zero-order chi connectivity index (χ0) is 11.0. The van der Waals surface area contributed by atoms with E-state index in [2.05, 4.69) is 49.8 Å². The van der Waals surface area contributed by atoms with Gasteiger partial charge in [0.2, 0.25) is 0 Å². The average molecular weight is 347 g/mol. The zero-order valence-electron chi connectivity index (χ0n) is 8.34. The number of hydrogen-bond donors (Lipinski definition) is 0. The molecule has 2 rings (SSSR count). The lowest BCUT2D eigenvalue weighted by atomic mass is 10.2. The van der Waals surface area contributed by atoms with E-state index in [1.807, 2.05) is 19.1 Å². The molecule has 15 heavy (non-hydrogen) atoms. The Morgan fingerprint density at radius 3 is 2.53 bits per heavy atom. The minimum atomic E-state index is 1.07. The summed E-state index contributed by atoms with van der Waals surface area (Å²) in [6, 6.07) is 6.13. The number of hydrogen-bond acceptors (Lipinski definition) is 2. The lowest BCUT2D eigenvalue weighted by Gasteiger charge is -2.00. The highest BCUT2D eigenvalue weighted by atomic mass is 79.9. The van der Waals surface area contributed by atoms with Gasteiger partial charge >= 0.3 is 0 Å². The van der Waals surface area contributed by atoms with Crippen LogP contribution < -0.4 is 0 Å². The molecule has 0 radical (unpaired) electrons. The van der Waals surface area contributed by atoms with Crippen LogP contribution in [0.3, 0.4) is 0 Å². The summed E-state index contributed by atoms with van der Waals surface area (Å²) < 4.78 is 2.16. The Morgan fingerprint density at radius 1 is 1.20 bits per heavy atom. The Kier molecular flexibility index (Phi) is 3.28. The SMILES string of the molecule is Cc1nc(-c2cc(Br)ccc2Br)sc1C. The molecule has 0 fully saturated rings. The smallest absolute Gasteiger partial charge is 0.125 e. The first kappa shape index (κ1) is 11.3. The maximum Gasteiger partial charge on any atom is 0.125 e. The summed E-state index contributed by atoms with van der Waals surface area (Å²) in [5, 5.41) is 1.07. The molecule has 1 aromatic heterocycles. The quantitative estimate of drug-likeness (QED) is 0.711. The molecule has 0 saturated heterocycles. The highest BCUT2D eigenvalue weighted by Crippen LogP contribution is 2.34. The van der Waals surface area contributed by atoms with E-state index >= 15 is 0 Å². The molecule has 1 nitrogen and oxygen atoms in total. The predicted octanol–water partition coefficient (Wildman–Crippen LogP) is 4.95. The van der Waals surface area contributed by atoms with Crippen LogP contribution in [0.1, 0.15) is 10.6 Å². The van der Waals surface area contributed by atoms with Gasteiger partial charge in [0.15, 0.2) is 0 Å². The van der Waals surface area contributed by atoms with Gasteiger partial charge in [-0.15, -0.1) is 11.3 Å². The van der Waals surface area contributed by atoms with E-state index in [-0.39, 0.29) is 0 Å². The van der Waals surface area contributed by atoms with Gasteiger partial charge in [-0.1, -0.05) is 31.9 Å². The van der Waals surface area contributed by atoms with Gasteiger partial charge < -0.3 is 0 Å². The number of aryl methyl sites for hydroxylation is 2. The van der Waals surface area contributed by atoms with E-state index in [4.69, 9.17) is 0 Å². The summed E-state index contributed by atoms with van der Waals surface area (Å²) in [4.78, 5) is 5.82. The first-order valence-electron chi connectivity index (χ1n) is 4.47. The topological polar surface area (TPSA) is 12.9 Å². The molecule has 2 aromatic rings. The highest BCUT2D eigenvalue weighted by molar-refractivity contribution is 9.11. The van der Waals surface area contributed by atoms with E-state index in [0.717, 1.165) is 25.2 Å². The number of thiazole rings is 1. The van der Waals surface area contributed by atoms with Gasteiger partial charge in [-0.2, -0.15) is 0 Å². The molecule has 0 aliphatic heterocycles. The molecule has 0 aliphatic carbocycles. The molecule has 1 aromatic carbocycles. The summed E-state index contributed by atoms with van der Waals surface area (Å²) in [6.45, 7) is 4.14. The molecule has 78 valence electrons. The Balaban J connectivity index is 2.58. The molecule has 0 spiro atoms. The lowest BCUT2D eigenvalue weighted by Crippen LogP contribution is -1.79. The van der Waals surface area contributed by atoms with Crippen molar-refractivity contribution in [2.45, 2.75) is 13.8 Å². The molecule has 4 heteroatoms. The lowest BCUT2D eigenvalue weighted by molar-refractivity contribution is 1.23. The van der Waals surface area contributed by atoms with E-state index in [9.17, 15) is 0 Å². The number of benzene rings is 1. The van der Waals surface area contributed by atoms with Crippen molar-refractivity contribution in [1.29, 1.82) is 0 Å². The molecule has 0 N–H and O–H groups in total. The second-order valence-corrected chi connectivity index (χ2v) is 6.26. The van der Waals surface area contributed by atoms with Gasteiger partial charge in [0.25, 0.3) is 0 Å². The van der Waals surface area contributed by atoms with Crippen LogP contribution in [0.2, 0.25) is 0 Å². The molecule has 0 unspecified atom stereocenters. The van der Waals surface area contributed by atoms with E-state index in [0.29, 0.717) is 0 Å². The average Bonchev–Trinajstić information content (AvgIpc) is 2.51. The number of rotatable bonds is 1. The second-order valence-electron chi connectivity index (χ2n) is 3.28. The van der Waals surface area contributed by atoms with Crippen LogP contribution in [0.4, 0.5) is 0 Å². The standard InChI is InChI=1S/C11H9Br2NS/c1-6-7(2)15-11(14-6)9-5-8(12)3-4-10(9)13/h3-5H,1-2H3. The number of halogens is 2. The van der Waals surface area contributed by atoms with Crippen LogP contribution in [-0.2, 0) is 0 Å². The summed E-state index contributed by atoms with van der Waals surface area (Å²) in [5.41, 5.74) is 2.26. The van der Waals surface area contributed by atoms with Crippen molar-refractivity contribution in [1.82, 2.24) is 4.98 Å². The molecule has 1 heterocycles. The van der Waals surface area contributed by atoms with Crippen molar-refractivity contribution in [3.05, 3.63) is 37.7 Å². The molecular weight excluding hydrogens is 338 g/mol. The number of nitrogens with zero attached hydrogens (tertiary/aromatic N) is 1. The van der Waals surface area contributed by atoms with Crippen molar-refractivity contribution in [3.8, 4) is 10.6 Å². The monoisotopic (exact) mass is 345 g/mol. The Hall–Kier alpha value is -0.190. The molecule has 0 aliphatic rings. The first-order chi connectivity index (χ1) is 7.08. The third-order valence-corrected chi connectivity index (χ3v) is 4.48. The summed E-state index contributed by atoms with van der Waals surface area (Å²) >= 11 is 8.75. The van der Waals surface area contributed by atoms with Crippen molar-refractivity contribution in [2.24, 2.45) is 0 Å². The molecule has 0 atom stereocenters. The summed E-state index contributed by atoms with van der Waals surface area (Å²) in [6.07, 6.45) is 0. The van der Waals surface area contributed by atoms with Gasteiger partial charge in [0, 0.05) is 19.4 Å². The van der Waals surface area contributed by atoms with Crippen LogP contribution >= 0.6 is 43.2 Å². The predicted molar refractivity (Wildman–Crippen MR) is 72.4 cm³/mol. The largest absolute Gasteiger partial charge is 0.241 e. The minimum Gasteiger partial charge on any atom is -0.241 e. The normalized spacial score (nSPS) is 10.7. The van der Waals surface area contributed by atoms with Crippen molar-refractivity contribution >= 4 is 43.2 Å². The molecule has 0 saturated carbocycles. The van der Waals surface area contributed by atoms with Crippen LogP contribution in [-0.4, -0.2) is 4.98 Å². The van der Waals surface area contributed by atoms with Gasteiger partial charge in [-0.05, 0) is 32.0 Å². The van der Waals surface area contributed by atoms with Gasteiger partial charge in [0.1, 0.15) is 5.01 Å². The van der Waals surface area contributed by atoms with Crippen molar-refractivity contribution in [2.75, 3.05) is 0 Å². The fourth-order valence-electron chi connectivity index (χ4n) is 1.25. The third kappa shape index (κ3) is 2.32. The molecular formula is C11H9Br2NS. The maximum atomic E-state index is 4.55. The van der Waals surface area contributed by atoms with E-state index in [1.54, 1.807) is 11.3 Å². The van der Waals surface area contributed by atoms with Crippen LogP contribution in [0.5, 0.6) is 0 Å². The Labute approximate surface area is 110 Å². The van der Waals surface area contributed by atoms with Gasteiger partial charge in [0.05, 0.1) is 5.69 Å². The van der Waals surface area contributed by atoms with Gasteiger partial charge in [-0.3, -0.25) is 0 Å². The van der Waals surface area contributed by atoms with Crippen molar-refractivity contribution in [3.63, 3.8) is 0 Å². The third-order valence-electron chi connectivity index (χ3n) is 2.19. The van der Waals surface area contributed by atoms with E-state index < -0.39 is 0 Å². The second kappa shape index (κ2) is 4.36. The summed E-state index contributed by atoms with van der Waals surface area (Å²) in [7, 11) is 0. The summed E-state index contributed by atoms with van der Waals surface area (Å²) in [5.74, 6) is 0. The zero-order valence-corrected chi connectivity index (χ0v) is 12.3. The molecule has 0 bridgehead atoms. The van der Waals surface area contributed by atoms with Crippen molar-refractivity contribution < 1.29 is 0 Å².